The highest BCUT2D eigenvalue weighted by molar-refractivity contribution is 8.01. The predicted octanol–water partition coefficient (Wildman–Crippen LogP) is 3.33. The second kappa shape index (κ2) is 9.00. The molecular formula is C21H24N2O4S2. The van der Waals surface area contributed by atoms with Crippen LogP contribution in [0.15, 0.2) is 58.3 Å². The number of carbonyl (C=O) groups is 2. The molecule has 6 nitrogen and oxygen atoms in total. The SMILES string of the molecule is CCN(Cc1ccccc1)C(=O)CCS(=O)(=O)c1ccc2c(c1)NC(=O)[C@H](C)S2. The maximum Gasteiger partial charge on any atom is 0.237 e. The molecule has 0 aliphatic carbocycles. The van der Waals surface area contributed by atoms with Gasteiger partial charge in [-0.2, -0.15) is 0 Å². The first-order valence-electron chi connectivity index (χ1n) is 9.46. The highest BCUT2D eigenvalue weighted by atomic mass is 32.2. The number of thioether (sulfide) groups is 1. The lowest BCUT2D eigenvalue weighted by Gasteiger charge is -2.22. The Morgan fingerprint density at radius 2 is 1.90 bits per heavy atom. The number of carbonyl (C=O) groups excluding carboxylic acids is 2. The number of nitrogens with zero attached hydrogens (tertiary/aromatic N) is 1. The normalized spacial score (nSPS) is 16.1. The van der Waals surface area contributed by atoms with E-state index >= 15 is 0 Å². The largest absolute Gasteiger partial charge is 0.339 e. The van der Waals surface area contributed by atoms with Crippen LogP contribution in [0, 0.1) is 0 Å². The monoisotopic (exact) mass is 432 g/mol. The Morgan fingerprint density at radius 3 is 2.59 bits per heavy atom. The fourth-order valence-electron chi connectivity index (χ4n) is 3.06. The number of hydrogen-bond acceptors (Lipinski definition) is 5. The third-order valence-electron chi connectivity index (χ3n) is 4.78. The number of rotatable bonds is 7. The zero-order chi connectivity index (χ0) is 21.0. The number of fused-ring (bicyclic) bond motifs is 1. The fraction of sp³-hybridized carbons (Fsp3) is 0.333. The van der Waals surface area contributed by atoms with Gasteiger partial charge in [-0.1, -0.05) is 30.3 Å². The van der Waals surface area contributed by atoms with Crippen molar-refractivity contribution in [3.8, 4) is 0 Å². The third-order valence-corrected chi connectivity index (χ3v) is 7.67. The molecule has 0 unspecified atom stereocenters. The van der Waals surface area contributed by atoms with Crippen molar-refractivity contribution in [3.63, 3.8) is 0 Å². The fourth-order valence-corrected chi connectivity index (χ4v) is 5.24. The van der Waals surface area contributed by atoms with E-state index in [-0.39, 0.29) is 34.1 Å². The molecule has 154 valence electrons. The van der Waals surface area contributed by atoms with Crippen LogP contribution in [0.4, 0.5) is 5.69 Å². The molecule has 0 saturated heterocycles. The summed E-state index contributed by atoms with van der Waals surface area (Å²) in [5.74, 6) is -0.616. The number of nitrogens with one attached hydrogen (secondary N) is 1. The van der Waals surface area contributed by atoms with Crippen molar-refractivity contribution in [2.24, 2.45) is 0 Å². The van der Waals surface area contributed by atoms with E-state index in [0.717, 1.165) is 10.5 Å². The molecular weight excluding hydrogens is 408 g/mol. The highest BCUT2D eigenvalue weighted by Crippen LogP contribution is 2.36. The lowest BCUT2D eigenvalue weighted by atomic mass is 10.2. The smallest absolute Gasteiger partial charge is 0.237 e. The van der Waals surface area contributed by atoms with Gasteiger partial charge in [0.15, 0.2) is 9.84 Å². The van der Waals surface area contributed by atoms with E-state index in [1.165, 1.54) is 23.9 Å². The third kappa shape index (κ3) is 5.19. The lowest BCUT2D eigenvalue weighted by Crippen LogP contribution is -2.31. The first kappa shape index (κ1) is 21.4. The van der Waals surface area contributed by atoms with Crippen molar-refractivity contribution in [1.82, 2.24) is 4.90 Å². The number of amides is 2. The molecule has 8 heteroatoms. The summed E-state index contributed by atoms with van der Waals surface area (Å²) < 4.78 is 25.5. The lowest BCUT2D eigenvalue weighted by molar-refractivity contribution is -0.131. The van der Waals surface area contributed by atoms with Crippen molar-refractivity contribution in [3.05, 3.63) is 54.1 Å². The molecule has 3 rings (SSSR count). The highest BCUT2D eigenvalue weighted by Gasteiger charge is 2.26. The van der Waals surface area contributed by atoms with Crippen LogP contribution < -0.4 is 5.32 Å². The van der Waals surface area contributed by atoms with Gasteiger partial charge in [0, 0.05) is 24.4 Å². The summed E-state index contributed by atoms with van der Waals surface area (Å²) in [4.78, 5) is 27.0. The van der Waals surface area contributed by atoms with Crippen LogP contribution in [0.2, 0.25) is 0 Å². The molecule has 1 aliphatic rings. The Kier molecular flexibility index (Phi) is 6.64. The van der Waals surface area contributed by atoms with E-state index in [4.69, 9.17) is 0 Å². The topological polar surface area (TPSA) is 83.6 Å². The van der Waals surface area contributed by atoms with Crippen LogP contribution in [-0.2, 0) is 26.0 Å². The minimum atomic E-state index is -3.64. The summed E-state index contributed by atoms with van der Waals surface area (Å²) in [5, 5.41) is 2.53. The average Bonchev–Trinajstić information content (AvgIpc) is 2.71. The summed E-state index contributed by atoms with van der Waals surface area (Å²) in [6, 6.07) is 14.3. The Morgan fingerprint density at radius 1 is 1.17 bits per heavy atom. The Balaban J connectivity index is 1.67. The van der Waals surface area contributed by atoms with Gasteiger partial charge in [0.1, 0.15) is 0 Å². The van der Waals surface area contributed by atoms with E-state index in [0.29, 0.717) is 18.8 Å². The molecule has 2 aromatic carbocycles. The summed E-state index contributed by atoms with van der Waals surface area (Å²) in [7, 11) is -3.64. The minimum absolute atomic E-state index is 0.0851. The van der Waals surface area contributed by atoms with E-state index in [1.54, 1.807) is 17.9 Å². The molecule has 0 bridgehead atoms. The molecule has 0 spiro atoms. The Bertz CT molecular complexity index is 1010. The second-order valence-electron chi connectivity index (χ2n) is 6.87. The van der Waals surface area contributed by atoms with Gasteiger partial charge in [0.25, 0.3) is 0 Å². The van der Waals surface area contributed by atoms with Crippen molar-refractivity contribution < 1.29 is 18.0 Å². The average molecular weight is 433 g/mol. The standard InChI is InChI=1S/C21H24N2O4S2/c1-3-23(14-16-7-5-4-6-8-16)20(24)11-12-29(26,27)17-9-10-19-18(13-17)22-21(25)15(2)28-19/h4-10,13,15H,3,11-12,14H2,1-2H3,(H,22,25)/t15-/m0/s1. The van der Waals surface area contributed by atoms with E-state index in [9.17, 15) is 18.0 Å². The van der Waals surface area contributed by atoms with Gasteiger partial charge in [-0.15, -0.1) is 11.8 Å². The zero-order valence-electron chi connectivity index (χ0n) is 16.4. The van der Waals surface area contributed by atoms with Gasteiger partial charge in [-0.3, -0.25) is 9.59 Å². The molecule has 1 aliphatic heterocycles. The molecule has 0 radical (unpaired) electrons. The number of benzene rings is 2. The second-order valence-corrected chi connectivity index (χ2v) is 10.4. The quantitative estimate of drug-likeness (QED) is 0.726. The molecule has 2 aromatic rings. The van der Waals surface area contributed by atoms with Crippen molar-refractivity contribution in [2.45, 2.75) is 41.9 Å². The van der Waals surface area contributed by atoms with Gasteiger partial charge in [-0.05, 0) is 37.6 Å². The maximum absolute atomic E-state index is 12.7. The van der Waals surface area contributed by atoms with Crippen LogP contribution in [0.5, 0.6) is 0 Å². The number of hydrogen-bond donors (Lipinski definition) is 1. The van der Waals surface area contributed by atoms with Gasteiger partial charge < -0.3 is 10.2 Å². The molecule has 0 aromatic heterocycles. The van der Waals surface area contributed by atoms with Gasteiger partial charge >= 0.3 is 0 Å². The molecule has 1 heterocycles. The van der Waals surface area contributed by atoms with Crippen molar-refractivity contribution >= 4 is 39.1 Å². The Labute approximate surface area is 175 Å². The van der Waals surface area contributed by atoms with E-state index in [2.05, 4.69) is 5.32 Å². The molecule has 0 fully saturated rings. The summed E-state index contributed by atoms with van der Waals surface area (Å²) >= 11 is 1.40. The first-order chi connectivity index (χ1) is 13.8. The van der Waals surface area contributed by atoms with Crippen molar-refractivity contribution in [1.29, 1.82) is 0 Å². The number of sulfone groups is 1. The van der Waals surface area contributed by atoms with Gasteiger partial charge in [0.05, 0.1) is 21.6 Å². The van der Waals surface area contributed by atoms with E-state index < -0.39 is 9.84 Å². The zero-order valence-corrected chi connectivity index (χ0v) is 18.1. The van der Waals surface area contributed by atoms with Crippen LogP contribution in [0.3, 0.4) is 0 Å². The minimum Gasteiger partial charge on any atom is -0.339 e. The van der Waals surface area contributed by atoms with Crippen LogP contribution >= 0.6 is 11.8 Å². The summed E-state index contributed by atoms with van der Waals surface area (Å²) in [6.45, 7) is 4.64. The van der Waals surface area contributed by atoms with Crippen molar-refractivity contribution in [2.75, 3.05) is 17.6 Å². The maximum atomic E-state index is 12.7. The van der Waals surface area contributed by atoms with E-state index in [1.807, 2.05) is 37.3 Å². The van der Waals surface area contributed by atoms with Gasteiger partial charge in [0.2, 0.25) is 11.8 Å². The molecule has 0 saturated carbocycles. The Hall–Kier alpha value is -2.32. The summed E-state index contributed by atoms with van der Waals surface area (Å²) in [5.41, 5.74) is 1.51. The molecule has 1 atom stereocenters. The first-order valence-corrected chi connectivity index (χ1v) is 12.0. The molecule has 2 amide bonds. The molecule has 1 N–H and O–H groups in total. The van der Waals surface area contributed by atoms with Crippen LogP contribution in [0.25, 0.3) is 0 Å². The number of anilines is 1. The van der Waals surface area contributed by atoms with Crippen LogP contribution in [-0.4, -0.2) is 42.7 Å². The summed E-state index contributed by atoms with van der Waals surface area (Å²) in [6.07, 6.45) is -0.0851. The van der Waals surface area contributed by atoms with Crippen LogP contribution in [0.1, 0.15) is 25.8 Å². The molecule has 29 heavy (non-hydrogen) atoms. The van der Waals surface area contributed by atoms with Gasteiger partial charge in [-0.25, -0.2) is 8.42 Å². The predicted molar refractivity (Wildman–Crippen MR) is 115 cm³/mol.